The average molecular weight is 276 g/mol. The molecular weight excluding hydrogens is 265 g/mol. The van der Waals surface area contributed by atoms with E-state index in [1.807, 2.05) is 0 Å². The first-order valence-corrected chi connectivity index (χ1v) is 5.56. The van der Waals surface area contributed by atoms with Crippen molar-refractivity contribution in [3.8, 4) is 5.75 Å². The van der Waals surface area contributed by atoms with Crippen molar-refractivity contribution in [1.29, 1.82) is 0 Å². The highest BCUT2D eigenvalue weighted by atomic mass is 19.4. The molecule has 0 saturated carbocycles. The van der Waals surface area contributed by atoms with Gasteiger partial charge in [0.25, 0.3) is 0 Å². The zero-order valence-corrected chi connectivity index (χ0v) is 9.77. The van der Waals surface area contributed by atoms with Crippen LogP contribution in [0.3, 0.4) is 0 Å². The minimum absolute atomic E-state index is 0.0270. The van der Waals surface area contributed by atoms with Gasteiger partial charge in [-0.1, -0.05) is 12.1 Å². The molecule has 4 nitrogen and oxygen atoms in total. The van der Waals surface area contributed by atoms with E-state index >= 15 is 0 Å². The number of benzene rings is 1. The third-order valence-corrected chi connectivity index (χ3v) is 2.49. The molecule has 104 valence electrons. The van der Waals surface area contributed by atoms with E-state index in [1.54, 1.807) is 0 Å². The van der Waals surface area contributed by atoms with Crippen LogP contribution in [-0.4, -0.2) is 38.1 Å². The van der Waals surface area contributed by atoms with Gasteiger partial charge < -0.3 is 14.2 Å². The van der Waals surface area contributed by atoms with E-state index < -0.39 is 24.0 Å². The Morgan fingerprint density at radius 1 is 1.26 bits per heavy atom. The molecule has 19 heavy (non-hydrogen) atoms. The second-order valence-corrected chi connectivity index (χ2v) is 3.84. The number of ketones is 1. The van der Waals surface area contributed by atoms with Crippen LogP contribution in [0.5, 0.6) is 5.75 Å². The lowest BCUT2D eigenvalue weighted by atomic mass is 10.1. The Hall–Kier alpha value is -1.60. The van der Waals surface area contributed by atoms with Crippen LogP contribution in [0.4, 0.5) is 13.2 Å². The number of alkyl halides is 3. The fraction of sp³-hybridized carbons (Fsp3) is 0.417. The summed E-state index contributed by atoms with van der Waals surface area (Å²) in [6.45, 7) is 0.627. The molecule has 1 aliphatic rings. The van der Waals surface area contributed by atoms with Crippen molar-refractivity contribution in [2.75, 3.05) is 19.8 Å². The van der Waals surface area contributed by atoms with Crippen molar-refractivity contribution in [2.24, 2.45) is 0 Å². The molecule has 1 heterocycles. The highest BCUT2D eigenvalue weighted by Gasteiger charge is 2.34. The highest BCUT2D eigenvalue weighted by molar-refractivity contribution is 6.02. The van der Waals surface area contributed by atoms with Crippen LogP contribution >= 0.6 is 0 Å². The van der Waals surface area contributed by atoms with Crippen LogP contribution in [0.2, 0.25) is 0 Å². The second-order valence-electron chi connectivity index (χ2n) is 3.84. The minimum atomic E-state index is -4.85. The number of para-hydroxylation sites is 1. The third-order valence-electron chi connectivity index (χ3n) is 2.49. The number of ether oxygens (including phenoxy) is 3. The summed E-state index contributed by atoms with van der Waals surface area (Å²) in [5, 5.41) is 0. The average Bonchev–Trinajstić information content (AvgIpc) is 2.38. The van der Waals surface area contributed by atoms with E-state index in [2.05, 4.69) is 4.74 Å². The molecule has 1 saturated heterocycles. The molecule has 0 aromatic heterocycles. The molecule has 1 aromatic carbocycles. The highest BCUT2D eigenvalue weighted by Crippen LogP contribution is 2.27. The molecule has 1 fully saturated rings. The maximum Gasteiger partial charge on any atom is 0.573 e. The largest absolute Gasteiger partial charge is 0.573 e. The maximum atomic E-state index is 12.2. The van der Waals surface area contributed by atoms with Crippen LogP contribution in [0.15, 0.2) is 24.3 Å². The Kier molecular flexibility index (Phi) is 4.06. The van der Waals surface area contributed by atoms with Gasteiger partial charge >= 0.3 is 6.36 Å². The molecule has 0 spiro atoms. The summed E-state index contributed by atoms with van der Waals surface area (Å²) in [5.74, 6) is -1.12. The van der Waals surface area contributed by atoms with Crippen LogP contribution < -0.4 is 4.74 Å². The first-order chi connectivity index (χ1) is 8.97. The smallest absolute Gasteiger partial charge is 0.405 e. The molecule has 7 heteroatoms. The minimum Gasteiger partial charge on any atom is -0.405 e. The number of Topliss-reactive ketones (excluding diaryl/α,β-unsaturated/α-hetero) is 1. The Morgan fingerprint density at radius 2 is 2.00 bits per heavy atom. The topological polar surface area (TPSA) is 44.8 Å². The van der Waals surface area contributed by atoms with Crippen molar-refractivity contribution in [2.45, 2.75) is 12.5 Å². The van der Waals surface area contributed by atoms with Crippen LogP contribution in [0.1, 0.15) is 10.4 Å². The Labute approximate surface area is 107 Å². The van der Waals surface area contributed by atoms with Crippen molar-refractivity contribution in [3.05, 3.63) is 29.8 Å². The third kappa shape index (κ3) is 3.68. The summed E-state index contributed by atoms with van der Waals surface area (Å²) in [4.78, 5) is 12.1. The molecule has 1 atom stereocenters. The Bertz CT molecular complexity index is 453. The molecule has 2 rings (SSSR count). The number of rotatable bonds is 3. The lowest BCUT2D eigenvalue weighted by molar-refractivity contribution is -0.274. The van der Waals surface area contributed by atoms with Gasteiger partial charge in [0.2, 0.25) is 0 Å². The van der Waals surface area contributed by atoms with Gasteiger partial charge in [-0.2, -0.15) is 0 Å². The van der Waals surface area contributed by atoms with E-state index in [1.165, 1.54) is 18.2 Å². The molecule has 0 amide bonds. The van der Waals surface area contributed by atoms with Crippen molar-refractivity contribution in [3.63, 3.8) is 0 Å². The van der Waals surface area contributed by atoms with Gasteiger partial charge in [-0.05, 0) is 12.1 Å². The van der Waals surface area contributed by atoms with Crippen LogP contribution in [0, 0.1) is 0 Å². The normalized spacial score (nSPS) is 20.1. The molecule has 1 aliphatic heterocycles. The molecule has 0 aliphatic carbocycles. The van der Waals surface area contributed by atoms with Crippen LogP contribution in [0.25, 0.3) is 0 Å². The van der Waals surface area contributed by atoms with Crippen molar-refractivity contribution < 1.29 is 32.2 Å². The Balaban J connectivity index is 2.21. The van der Waals surface area contributed by atoms with Gasteiger partial charge in [-0.15, -0.1) is 13.2 Å². The van der Waals surface area contributed by atoms with Gasteiger partial charge in [0.15, 0.2) is 5.78 Å². The molecule has 1 unspecified atom stereocenters. The number of hydrogen-bond acceptors (Lipinski definition) is 4. The van der Waals surface area contributed by atoms with Gasteiger partial charge in [0, 0.05) is 0 Å². The fourth-order valence-electron chi connectivity index (χ4n) is 1.70. The lowest BCUT2D eigenvalue weighted by Gasteiger charge is -2.22. The summed E-state index contributed by atoms with van der Waals surface area (Å²) < 4.78 is 50.8. The molecule has 0 radical (unpaired) electrons. The summed E-state index contributed by atoms with van der Waals surface area (Å²) in [6.07, 6.45) is -5.74. The number of carbonyl (C=O) groups excluding carboxylic acids is 1. The SMILES string of the molecule is O=C(c1ccccc1OC(F)(F)F)C1COCCO1. The van der Waals surface area contributed by atoms with E-state index in [0.29, 0.717) is 6.61 Å². The standard InChI is InChI=1S/C12H11F3O4/c13-12(14,15)19-9-4-2-1-3-8(9)11(16)10-7-17-5-6-18-10/h1-4,10H,5-7H2. The summed E-state index contributed by atoms with van der Waals surface area (Å²) >= 11 is 0. The first kappa shape index (κ1) is 13.8. The molecule has 1 aromatic rings. The van der Waals surface area contributed by atoms with Gasteiger partial charge in [0.05, 0.1) is 25.4 Å². The first-order valence-electron chi connectivity index (χ1n) is 5.56. The molecule has 0 bridgehead atoms. The predicted molar refractivity (Wildman–Crippen MR) is 58.0 cm³/mol. The van der Waals surface area contributed by atoms with E-state index in [-0.39, 0.29) is 18.8 Å². The number of carbonyl (C=O) groups is 1. The fourth-order valence-corrected chi connectivity index (χ4v) is 1.70. The summed E-state index contributed by atoms with van der Waals surface area (Å²) in [6, 6.07) is 5.17. The van der Waals surface area contributed by atoms with E-state index in [0.717, 1.165) is 6.07 Å². The molecular formula is C12H11F3O4. The second kappa shape index (κ2) is 5.58. The van der Waals surface area contributed by atoms with E-state index in [4.69, 9.17) is 9.47 Å². The predicted octanol–water partition coefficient (Wildman–Crippen LogP) is 2.18. The Morgan fingerprint density at radius 3 is 2.63 bits per heavy atom. The zero-order valence-electron chi connectivity index (χ0n) is 9.77. The molecule has 0 N–H and O–H groups in total. The van der Waals surface area contributed by atoms with Gasteiger partial charge in [-0.25, -0.2) is 0 Å². The van der Waals surface area contributed by atoms with Crippen LogP contribution in [-0.2, 0) is 9.47 Å². The van der Waals surface area contributed by atoms with Gasteiger partial charge in [0.1, 0.15) is 11.9 Å². The number of hydrogen-bond donors (Lipinski definition) is 0. The monoisotopic (exact) mass is 276 g/mol. The lowest BCUT2D eigenvalue weighted by Crippen LogP contribution is -2.35. The summed E-state index contributed by atoms with van der Waals surface area (Å²) in [7, 11) is 0. The summed E-state index contributed by atoms with van der Waals surface area (Å²) in [5.41, 5.74) is -0.171. The van der Waals surface area contributed by atoms with E-state index in [9.17, 15) is 18.0 Å². The van der Waals surface area contributed by atoms with Gasteiger partial charge in [-0.3, -0.25) is 4.79 Å². The maximum absolute atomic E-state index is 12.2. The van der Waals surface area contributed by atoms with Crippen molar-refractivity contribution in [1.82, 2.24) is 0 Å². The van der Waals surface area contributed by atoms with Crippen molar-refractivity contribution >= 4 is 5.78 Å². The number of halogens is 3. The zero-order chi connectivity index (χ0) is 13.9. The quantitative estimate of drug-likeness (QED) is 0.794.